The standard InChI is InChI=1S/C77H120O6/c1-4-7-10-13-16-19-22-25-28-30-32-34-35-36-37-38-39-40-41-43-44-46-49-52-55-58-61-64-67-70-76(79)82-73-74(72-81-75(78)69-66-63-60-57-54-51-48-27-24-21-18-15-12-9-6-3)83-77(80)71-68-65-62-59-56-53-50-47-45-42-33-31-29-26-23-20-17-14-11-8-5-2/h7-8,10-11,16-21,25-29,32-34,36-37,39-40,42-44,47-50,52,74H,4-6,9,12-15,22-24,30-31,35,38,41,45-46,51,53-73H2,1-3H3/b10-7-,11-8-,19-16-,20-17-,21-18-,28-25-,29-26-,34-32-,37-36-,40-39-,42-33-,44-43-,48-27-,50-47-,52-49-. The molecule has 0 amide bonds. The highest BCUT2D eigenvalue weighted by molar-refractivity contribution is 5.71. The summed E-state index contributed by atoms with van der Waals surface area (Å²) in [6.45, 7) is 6.33. The van der Waals surface area contributed by atoms with Gasteiger partial charge in [0.15, 0.2) is 6.10 Å². The van der Waals surface area contributed by atoms with Crippen molar-refractivity contribution in [2.45, 2.75) is 271 Å². The lowest BCUT2D eigenvalue weighted by Gasteiger charge is -2.18. The Labute approximate surface area is 510 Å². The van der Waals surface area contributed by atoms with E-state index in [9.17, 15) is 14.4 Å². The molecule has 0 spiro atoms. The Bertz CT molecular complexity index is 1940. The van der Waals surface area contributed by atoms with Gasteiger partial charge in [-0.15, -0.1) is 0 Å². The maximum Gasteiger partial charge on any atom is 0.306 e. The molecule has 0 fully saturated rings. The van der Waals surface area contributed by atoms with E-state index in [-0.39, 0.29) is 37.5 Å². The van der Waals surface area contributed by atoms with Gasteiger partial charge >= 0.3 is 17.9 Å². The summed E-state index contributed by atoms with van der Waals surface area (Å²) in [4.78, 5) is 38.4. The van der Waals surface area contributed by atoms with Crippen molar-refractivity contribution in [3.8, 4) is 0 Å². The Balaban J connectivity index is 4.50. The molecule has 6 nitrogen and oxygen atoms in total. The normalized spacial score (nSPS) is 13.3. The van der Waals surface area contributed by atoms with Gasteiger partial charge in [0, 0.05) is 19.3 Å². The van der Waals surface area contributed by atoms with Crippen LogP contribution in [0.3, 0.4) is 0 Å². The first-order valence-electron chi connectivity index (χ1n) is 33.3. The van der Waals surface area contributed by atoms with Crippen molar-refractivity contribution < 1.29 is 28.6 Å². The molecule has 0 N–H and O–H groups in total. The van der Waals surface area contributed by atoms with Crippen molar-refractivity contribution in [2.24, 2.45) is 0 Å². The van der Waals surface area contributed by atoms with Crippen LogP contribution in [0, 0.1) is 0 Å². The van der Waals surface area contributed by atoms with Gasteiger partial charge in [-0.1, -0.05) is 267 Å². The summed E-state index contributed by atoms with van der Waals surface area (Å²) in [6.07, 6.45) is 103. The molecule has 464 valence electrons. The topological polar surface area (TPSA) is 78.9 Å². The molecule has 0 saturated heterocycles. The van der Waals surface area contributed by atoms with Crippen LogP contribution in [0.15, 0.2) is 182 Å². The van der Waals surface area contributed by atoms with Gasteiger partial charge in [0.25, 0.3) is 0 Å². The van der Waals surface area contributed by atoms with Crippen LogP contribution in [0.25, 0.3) is 0 Å². The van der Waals surface area contributed by atoms with Crippen LogP contribution in [-0.4, -0.2) is 37.2 Å². The summed E-state index contributed by atoms with van der Waals surface area (Å²) >= 11 is 0. The molecule has 6 heteroatoms. The van der Waals surface area contributed by atoms with Crippen LogP contribution in [0.4, 0.5) is 0 Å². The molecule has 0 aliphatic rings. The Morgan fingerprint density at radius 1 is 0.253 bits per heavy atom. The predicted octanol–water partition coefficient (Wildman–Crippen LogP) is 23.2. The van der Waals surface area contributed by atoms with Crippen LogP contribution >= 0.6 is 0 Å². The molecule has 0 aromatic rings. The first-order valence-corrected chi connectivity index (χ1v) is 33.3. The summed E-state index contributed by atoms with van der Waals surface area (Å²) in [5, 5.41) is 0. The molecule has 0 saturated carbocycles. The summed E-state index contributed by atoms with van der Waals surface area (Å²) < 4.78 is 16.9. The molecule has 0 aromatic heterocycles. The number of carbonyl (C=O) groups excluding carboxylic acids is 3. The Kier molecular flexibility index (Phi) is 64.4. The zero-order valence-electron chi connectivity index (χ0n) is 53.1. The van der Waals surface area contributed by atoms with E-state index >= 15 is 0 Å². The molecule has 1 atom stereocenters. The van der Waals surface area contributed by atoms with Crippen LogP contribution in [-0.2, 0) is 28.6 Å². The number of hydrogen-bond donors (Lipinski definition) is 0. The smallest absolute Gasteiger partial charge is 0.306 e. The second kappa shape index (κ2) is 69.0. The fourth-order valence-corrected chi connectivity index (χ4v) is 8.46. The minimum Gasteiger partial charge on any atom is -0.462 e. The van der Waals surface area contributed by atoms with E-state index in [2.05, 4.69) is 203 Å². The molecule has 0 aliphatic heterocycles. The predicted molar refractivity (Wildman–Crippen MR) is 361 cm³/mol. The summed E-state index contributed by atoms with van der Waals surface area (Å²) in [6, 6.07) is 0. The van der Waals surface area contributed by atoms with E-state index < -0.39 is 6.10 Å². The zero-order chi connectivity index (χ0) is 59.9. The number of esters is 3. The minimum atomic E-state index is -0.818. The summed E-state index contributed by atoms with van der Waals surface area (Å²) in [5.41, 5.74) is 0. The molecule has 83 heavy (non-hydrogen) atoms. The van der Waals surface area contributed by atoms with E-state index in [0.717, 1.165) is 199 Å². The Morgan fingerprint density at radius 2 is 0.470 bits per heavy atom. The molecule has 0 heterocycles. The molecule has 0 bridgehead atoms. The fraction of sp³-hybridized carbons (Fsp3) is 0.571. The largest absolute Gasteiger partial charge is 0.462 e. The van der Waals surface area contributed by atoms with Crippen LogP contribution < -0.4 is 0 Å². The second-order valence-electron chi connectivity index (χ2n) is 21.3. The first-order chi connectivity index (χ1) is 41.0. The Morgan fingerprint density at radius 3 is 0.735 bits per heavy atom. The highest BCUT2D eigenvalue weighted by Gasteiger charge is 2.19. The third-order valence-electron chi connectivity index (χ3n) is 13.4. The molecular formula is C77H120O6. The van der Waals surface area contributed by atoms with Gasteiger partial charge in [0.1, 0.15) is 13.2 Å². The highest BCUT2D eigenvalue weighted by atomic mass is 16.6. The van der Waals surface area contributed by atoms with E-state index in [1.165, 1.54) is 25.7 Å². The molecule has 0 rings (SSSR count). The number of ether oxygens (including phenoxy) is 3. The molecule has 0 aliphatic carbocycles. The number of hydrogen-bond acceptors (Lipinski definition) is 6. The number of unbranched alkanes of at least 4 members (excludes halogenated alkanes) is 17. The van der Waals surface area contributed by atoms with Gasteiger partial charge in [-0.05, 0) is 161 Å². The van der Waals surface area contributed by atoms with Crippen molar-refractivity contribution in [3.63, 3.8) is 0 Å². The summed E-state index contributed by atoms with van der Waals surface area (Å²) in [7, 11) is 0. The van der Waals surface area contributed by atoms with E-state index in [1.54, 1.807) is 0 Å². The maximum atomic E-state index is 12.9. The SMILES string of the molecule is CC/C=C\C/C=C\C/C=C\C/C=C\C/C=C\C/C=C\C/C=C\C/C=C\CCCCCCC(=O)OCC(COC(=O)CCCCCCC/C=C\C/C=C\CCCCC)OC(=O)CCCCCCC/C=C\C/C=C\C/C=C\C/C=C\C/C=C\CC. The summed E-state index contributed by atoms with van der Waals surface area (Å²) in [5.74, 6) is -0.973. The molecule has 1 unspecified atom stereocenters. The van der Waals surface area contributed by atoms with Crippen molar-refractivity contribution in [1.29, 1.82) is 0 Å². The van der Waals surface area contributed by atoms with Crippen molar-refractivity contribution >= 4 is 17.9 Å². The van der Waals surface area contributed by atoms with Gasteiger partial charge < -0.3 is 14.2 Å². The second-order valence-corrected chi connectivity index (χ2v) is 21.3. The quantitative estimate of drug-likeness (QED) is 0.0261. The molecule has 0 radical (unpaired) electrons. The lowest BCUT2D eigenvalue weighted by Crippen LogP contribution is -2.30. The van der Waals surface area contributed by atoms with Crippen molar-refractivity contribution in [2.75, 3.05) is 13.2 Å². The maximum absolute atomic E-state index is 12.9. The monoisotopic (exact) mass is 1140 g/mol. The van der Waals surface area contributed by atoms with E-state index in [1.807, 2.05) is 0 Å². The molecular weight excluding hydrogens is 1020 g/mol. The number of rotatable bonds is 58. The van der Waals surface area contributed by atoms with Gasteiger partial charge in [0.2, 0.25) is 0 Å². The lowest BCUT2D eigenvalue weighted by molar-refractivity contribution is -0.167. The molecule has 0 aromatic carbocycles. The Hall–Kier alpha value is -5.49. The van der Waals surface area contributed by atoms with Crippen molar-refractivity contribution in [1.82, 2.24) is 0 Å². The first kappa shape index (κ1) is 77.5. The van der Waals surface area contributed by atoms with Gasteiger partial charge in [-0.2, -0.15) is 0 Å². The highest BCUT2D eigenvalue weighted by Crippen LogP contribution is 2.13. The third kappa shape index (κ3) is 67.2. The minimum absolute atomic E-state index is 0.110. The van der Waals surface area contributed by atoms with Crippen molar-refractivity contribution in [3.05, 3.63) is 182 Å². The third-order valence-corrected chi connectivity index (χ3v) is 13.4. The van der Waals surface area contributed by atoms with Crippen LogP contribution in [0.1, 0.15) is 265 Å². The van der Waals surface area contributed by atoms with Crippen LogP contribution in [0.2, 0.25) is 0 Å². The van der Waals surface area contributed by atoms with Gasteiger partial charge in [0.05, 0.1) is 0 Å². The van der Waals surface area contributed by atoms with E-state index in [0.29, 0.717) is 12.8 Å². The van der Waals surface area contributed by atoms with E-state index in [4.69, 9.17) is 14.2 Å². The van der Waals surface area contributed by atoms with Gasteiger partial charge in [-0.3, -0.25) is 14.4 Å². The zero-order valence-corrected chi connectivity index (χ0v) is 53.1. The average molecular weight is 1140 g/mol. The van der Waals surface area contributed by atoms with Crippen LogP contribution in [0.5, 0.6) is 0 Å². The number of carbonyl (C=O) groups is 3. The fourth-order valence-electron chi connectivity index (χ4n) is 8.46. The average Bonchev–Trinajstić information content (AvgIpc) is 3.49. The lowest BCUT2D eigenvalue weighted by atomic mass is 10.1. The van der Waals surface area contributed by atoms with Gasteiger partial charge in [-0.25, -0.2) is 0 Å². The number of allylic oxidation sites excluding steroid dienone is 30.